The van der Waals surface area contributed by atoms with E-state index >= 15 is 0 Å². The van der Waals surface area contributed by atoms with Crippen LogP contribution in [0.15, 0.2) is 60.8 Å². The highest BCUT2D eigenvalue weighted by Crippen LogP contribution is 2.42. The molecule has 3 aliphatic heterocycles. The van der Waals surface area contributed by atoms with Crippen LogP contribution in [-0.4, -0.2) is 61.2 Å². The summed E-state index contributed by atoms with van der Waals surface area (Å²) in [4.78, 5) is 23.3. The van der Waals surface area contributed by atoms with Gasteiger partial charge in [0.1, 0.15) is 11.8 Å². The molecule has 3 aromatic rings. The van der Waals surface area contributed by atoms with Crippen LogP contribution in [0.1, 0.15) is 48.8 Å². The number of piperidine rings is 1. The zero-order valence-electron chi connectivity index (χ0n) is 24.2. The Morgan fingerprint density at radius 2 is 1.88 bits per heavy atom. The average molecular weight is 590 g/mol. The maximum absolute atomic E-state index is 14.3. The number of nitriles is 1. The maximum atomic E-state index is 14.3. The van der Waals surface area contributed by atoms with Gasteiger partial charge < -0.3 is 15.0 Å². The molecular weight excluding hydrogens is 555 g/mol. The van der Waals surface area contributed by atoms with Crippen molar-refractivity contribution in [2.75, 3.05) is 32.1 Å². The highest BCUT2D eigenvalue weighted by molar-refractivity contribution is 5.89. The van der Waals surface area contributed by atoms with E-state index in [-0.39, 0.29) is 17.5 Å². The topological polar surface area (TPSA) is 81.5 Å². The molecular formula is C33H34F3N5O2. The highest BCUT2D eigenvalue weighted by atomic mass is 19.4. The zero-order chi connectivity index (χ0) is 30.4. The molecule has 4 heterocycles. The average Bonchev–Trinajstić information content (AvgIpc) is 3.53. The second-order valence-electron chi connectivity index (χ2n) is 11.8. The fourth-order valence-corrected chi connectivity index (χ4v) is 7.27. The standard InChI is InChI=1S/C33H34F3N5O2/c1-40-24-9-12-29(40)27(18-24)39-31(42)32(23-7-10-26(38-20-23)25-5-3-4-6-30(25)43-2)13-15-41(16-14-32)28-11-8-22(33(34,35)36)17-21(28)19-37/h3-8,10-11,17,20,24,27,29H,9,12-16,18H2,1-2H3,(H,39,42)/t24-,27+,29+/m1/s1. The number of pyridine rings is 1. The molecule has 2 aromatic carbocycles. The van der Waals surface area contributed by atoms with Gasteiger partial charge in [0, 0.05) is 43.0 Å². The lowest BCUT2D eigenvalue weighted by molar-refractivity contribution is -0.137. The molecule has 7 nitrogen and oxygen atoms in total. The van der Waals surface area contributed by atoms with Crippen molar-refractivity contribution in [3.63, 3.8) is 0 Å². The molecule has 6 rings (SSSR count). The molecule has 3 fully saturated rings. The summed E-state index contributed by atoms with van der Waals surface area (Å²) in [7, 11) is 3.74. The van der Waals surface area contributed by atoms with Gasteiger partial charge in [-0.05, 0) is 81.1 Å². The first-order valence-electron chi connectivity index (χ1n) is 14.6. The number of hydrogen-bond donors (Lipinski definition) is 1. The monoisotopic (exact) mass is 589 g/mol. The number of halogens is 3. The van der Waals surface area contributed by atoms with Crippen molar-refractivity contribution >= 4 is 11.6 Å². The summed E-state index contributed by atoms with van der Waals surface area (Å²) in [5.41, 5.74) is 1.07. The third kappa shape index (κ3) is 5.20. The van der Waals surface area contributed by atoms with Gasteiger partial charge in [0.2, 0.25) is 5.91 Å². The summed E-state index contributed by atoms with van der Waals surface area (Å²) in [6.07, 6.45) is 1.23. The Morgan fingerprint density at radius 1 is 1.12 bits per heavy atom. The zero-order valence-corrected chi connectivity index (χ0v) is 24.2. The fraction of sp³-hybridized carbons (Fsp3) is 0.424. The lowest BCUT2D eigenvalue weighted by atomic mass is 9.72. The minimum atomic E-state index is -4.53. The first-order valence-corrected chi connectivity index (χ1v) is 14.6. The molecule has 3 aliphatic rings. The number of aromatic nitrogens is 1. The van der Waals surface area contributed by atoms with Crippen molar-refractivity contribution < 1.29 is 22.7 Å². The molecule has 224 valence electrons. The van der Waals surface area contributed by atoms with Gasteiger partial charge in [-0.3, -0.25) is 14.7 Å². The van der Waals surface area contributed by atoms with E-state index in [1.165, 1.54) is 6.07 Å². The molecule has 1 amide bonds. The molecule has 0 saturated carbocycles. The quantitative estimate of drug-likeness (QED) is 0.407. The van der Waals surface area contributed by atoms with E-state index in [4.69, 9.17) is 9.72 Å². The SMILES string of the molecule is COc1ccccc1-c1ccc(C2(C(=O)N[C@H]3C[C@H]4CC[C@@H]3N4C)CCN(c3ccc(C(F)(F)F)cc3C#N)CC2)cn1. The van der Waals surface area contributed by atoms with E-state index in [2.05, 4.69) is 17.3 Å². The van der Waals surface area contributed by atoms with Crippen LogP contribution in [0.25, 0.3) is 11.3 Å². The van der Waals surface area contributed by atoms with Crippen LogP contribution in [0, 0.1) is 11.3 Å². The van der Waals surface area contributed by atoms with E-state index in [0.29, 0.717) is 49.5 Å². The van der Waals surface area contributed by atoms with Crippen LogP contribution in [0.4, 0.5) is 18.9 Å². The van der Waals surface area contributed by atoms with Crippen LogP contribution in [-0.2, 0) is 16.4 Å². The molecule has 43 heavy (non-hydrogen) atoms. The number of carbonyl (C=O) groups excluding carboxylic acids is 1. The second kappa shape index (κ2) is 11.2. The third-order valence-electron chi connectivity index (χ3n) is 9.74. The number of alkyl halides is 3. The fourth-order valence-electron chi connectivity index (χ4n) is 7.27. The molecule has 0 radical (unpaired) electrons. The number of ether oxygens (including phenoxy) is 1. The maximum Gasteiger partial charge on any atom is 0.416 e. The molecule has 1 aromatic heterocycles. The number of nitrogens with one attached hydrogen (secondary N) is 1. The number of anilines is 1. The first kappa shape index (κ1) is 29.0. The number of carbonyl (C=O) groups is 1. The van der Waals surface area contributed by atoms with Crippen molar-refractivity contribution in [3.05, 3.63) is 77.5 Å². The van der Waals surface area contributed by atoms with Crippen LogP contribution >= 0.6 is 0 Å². The molecule has 1 N–H and O–H groups in total. The molecule has 3 atom stereocenters. The Labute approximate surface area is 249 Å². The van der Waals surface area contributed by atoms with Crippen LogP contribution in [0.2, 0.25) is 0 Å². The largest absolute Gasteiger partial charge is 0.496 e. The van der Waals surface area contributed by atoms with Gasteiger partial charge in [-0.1, -0.05) is 18.2 Å². The molecule has 3 saturated heterocycles. The molecule has 10 heteroatoms. The number of nitrogens with zero attached hydrogens (tertiary/aromatic N) is 4. The Hall–Kier alpha value is -4.10. The van der Waals surface area contributed by atoms with Gasteiger partial charge >= 0.3 is 6.18 Å². The highest BCUT2D eigenvalue weighted by Gasteiger charge is 2.49. The summed E-state index contributed by atoms with van der Waals surface area (Å²) in [5.74, 6) is 0.659. The summed E-state index contributed by atoms with van der Waals surface area (Å²) < 4.78 is 45.4. The van der Waals surface area contributed by atoms with Gasteiger partial charge in [0.05, 0.1) is 35.0 Å². The predicted octanol–water partition coefficient (Wildman–Crippen LogP) is 5.54. The number of likely N-dealkylation sites (N-methyl/N-ethyl adjacent to an activating group) is 1. The van der Waals surface area contributed by atoms with Gasteiger partial charge in [0.15, 0.2) is 0 Å². The third-order valence-corrected chi connectivity index (χ3v) is 9.74. The second-order valence-corrected chi connectivity index (χ2v) is 11.8. The van der Waals surface area contributed by atoms with E-state index in [0.717, 1.165) is 48.2 Å². The van der Waals surface area contributed by atoms with Crippen LogP contribution < -0.4 is 15.0 Å². The van der Waals surface area contributed by atoms with Crippen molar-refractivity contribution in [3.8, 4) is 23.1 Å². The van der Waals surface area contributed by atoms with E-state index in [1.807, 2.05) is 47.4 Å². The summed E-state index contributed by atoms with van der Waals surface area (Å²) in [5, 5.41) is 13.1. The normalized spacial score (nSPS) is 23.2. The smallest absolute Gasteiger partial charge is 0.416 e. The van der Waals surface area contributed by atoms with E-state index in [1.54, 1.807) is 13.3 Å². The molecule has 0 spiro atoms. The summed E-state index contributed by atoms with van der Waals surface area (Å²) in [6.45, 7) is 0.802. The number of amides is 1. The number of rotatable bonds is 6. The molecule has 0 aliphatic carbocycles. The van der Waals surface area contributed by atoms with Gasteiger partial charge in [0.25, 0.3) is 0 Å². The Kier molecular flexibility index (Phi) is 7.55. The Bertz CT molecular complexity index is 1540. The van der Waals surface area contributed by atoms with Gasteiger partial charge in [-0.2, -0.15) is 18.4 Å². The lowest BCUT2D eigenvalue weighted by Crippen LogP contribution is -2.55. The van der Waals surface area contributed by atoms with Crippen molar-refractivity contribution in [1.82, 2.24) is 15.2 Å². The molecule has 0 unspecified atom stereocenters. The van der Waals surface area contributed by atoms with E-state index < -0.39 is 17.2 Å². The number of benzene rings is 2. The van der Waals surface area contributed by atoms with E-state index in [9.17, 15) is 23.2 Å². The summed E-state index contributed by atoms with van der Waals surface area (Å²) >= 11 is 0. The molecule has 2 bridgehead atoms. The predicted molar refractivity (Wildman–Crippen MR) is 157 cm³/mol. The number of methoxy groups -OCH3 is 1. The van der Waals surface area contributed by atoms with Gasteiger partial charge in [-0.15, -0.1) is 0 Å². The number of para-hydroxylation sites is 1. The van der Waals surface area contributed by atoms with Crippen LogP contribution in [0.3, 0.4) is 0 Å². The van der Waals surface area contributed by atoms with Gasteiger partial charge in [-0.25, -0.2) is 0 Å². The Balaban J connectivity index is 1.30. The Morgan fingerprint density at radius 3 is 2.49 bits per heavy atom. The van der Waals surface area contributed by atoms with Crippen molar-refractivity contribution in [2.45, 2.75) is 61.8 Å². The van der Waals surface area contributed by atoms with Crippen molar-refractivity contribution in [1.29, 1.82) is 5.26 Å². The minimum absolute atomic E-state index is 0.0281. The van der Waals surface area contributed by atoms with Crippen molar-refractivity contribution in [2.24, 2.45) is 0 Å². The van der Waals surface area contributed by atoms with Crippen LogP contribution in [0.5, 0.6) is 5.75 Å². The summed E-state index contributed by atoms with van der Waals surface area (Å²) in [6, 6.07) is 17.6. The first-order chi connectivity index (χ1) is 20.6. The lowest BCUT2D eigenvalue weighted by Gasteiger charge is -2.43. The minimum Gasteiger partial charge on any atom is -0.496 e. The number of fused-ring (bicyclic) bond motifs is 2. The number of hydrogen-bond acceptors (Lipinski definition) is 6.